The van der Waals surface area contributed by atoms with Crippen LogP contribution in [-0.4, -0.2) is 48.1 Å². The van der Waals surface area contributed by atoms with Crippen LogP contribution in [0.2, 0.25) is 0 Å². The third kappa shape index (κ3) is 5.68. The lowest BCUT2D eigenvalue weighted by Crippen LogP contribution is -2.51. The Morgan fingerprint density at radius 1 is 1.24 bits per heavy atom. The molecule has 2 unspecified atom stereocenters. The molecule has 1 aliphatic heterocycles. The van der Waals surface area contributed by atoms with Gasteiger partial charge in [0.2, 0.25) is 0 Å². The summed E-state index contributed by atoms with van der Waals surface area (Å²) in [5.74, 6) is 0. The minimum atomic E-state index is -1.03. The van der Waals surface area contributed by atoms with Crippen LogP contribution in [0.3, 0.4) is 0 Å². The van der Waals surface area contributed by atoms with Crippen LogP contribution < -0.4 is 10.8 Å². The predicted octanol–water partition coefficient (Wildman–Crippen LogP) is 2.01. The molecule has 0 saturated heterocycles. The summed E-state index contributed by atoms with van der Waals surface area (Å²) in [5, 5.41) is 23.5. The van der Waals surface area contributed by atoms with Gasteiger partial charge in [-0.3, -0.25) is 0 Å². The molecule has 137 valence electrons. The first-order valence-corrected chi connectivity index (χ1v) is 9.13. The zero-order valence-corrected chi connectivity index (χ0v) is 15.9. The average molecular weight is 344 g/mol. The molecule has 4 nitrogen and oxygen atoms in total. The van der Waals surface area contributed by atoms with Crippen molar-refractivity contribution in [1.29, 1.82) is 0 Å². The second-order valence-corrected chi connectivity index (χ2v) is 7.71. The third-order valence-electron chi connectivity index (χ3n) is 5.18. The highest BCUT2D eigenvalue weighted by Gasteiger charge is 2.39. The highest BCUT2D eigenvalue weighted by Crippen LogP contribution is 2.30. The zero-order valence-electron chi connectivity index (χ0n) is 15.9. The molecule has 0 aromatic heterocycles. The minimum absolute atomic E-state index is 0.428. The van der Waals surface area contributed by atoms with Crippen LogP contribution in [0.15, 0.2) is 30.3 Å². The predicted molar refractivity (Wildman–Crippen MR) is 104 cm³/mol. The fourth-order valence-electron chi connectivity index (χ4n) is 2.79. The molecule has 0 aliphatic carbocycles. The Hall–Kier alpha value is -1.14. The zero-order chi connectivity index (χ0) is 18.5. The highest BCUT2D eigenvalue weighted by molar-refractivity contribution is 6.47. The van der Waals surface area contributed by atoms with E-state index in [9.17, 15) is 10.2 Å². The standard InChI is InChI=1S/C20H31BNO3/c1-15(23)9-12-20(4,24)19(2,3)25-21-18-7-5-16(6-8-18)17-10-13-22-14-11-17/h5-8,10,15,22-24H,9,11-14H2,1-4H3. The molecular formula is C20H31BNO3. The number of hydrogen-bond acceptors (Lipinski definition) is 4. The van der Waals surface area contributed by atoms with Gasteiger partial charge < -0.3 is 20.2 Å². The summed E-state index contributed by atoms with van der Waals surface area (Å²) in [4.78, 5) is 0. The van der Waals surface area contributed by atoms with Crippen molar-refractivity contribution in [3.63, 3.8) is 0 Å². The second-order valence-electron chi connectivity index (χ2n) is 7.71. The normalized spacial score (nSPS) is 19.0. The lowest BCUT2D eigenvalue weighted by molar-refractivity contribution is -0.111. The van der Waals surface area contributed by atoms with Crippen LogP contribution in [0.4, 0.5) is 0 Å². The summed E-state index contributed by atoms with van der Waals surface area (Å²) >= 11 is 0. The maximum atomic E-state index is 10.7. The first-order chi connectivity index (χ1) is 11.7. The Morgan fingerprint density at radius 2 is 1.92 bits per heavy atom. The van der Waals surface area contributed by atoms with Gasteiger partial charge in [-0.15, -0.1) is 0 Å². The topological polar surface area (TPSA) is 61.7 Å². The van der Waals surface area contributed by atoms with Crippen molar-refractivity contribution in [2.24, 2.45) is 0 Å². The van der Waals surface area contributed by atoms with Crippen molar-refractivity contribution in [3.8, 4) is 0 Å². The Morgan fingerprint density at radius 3 is 2.48 bits per heavy atom. The summed E-state index contributed by atoms with van der Waals surface area (Å²) < 4.78 is 5.92. The van der Waals surface area contributed by atoms with Crippen molar-refractivity contribution in [2.75, 3.05) is 13.1 Å². The summed E-state index contributed by atoms with van der Waals surface area (Å²) in [6, 6.07) is 8.31. The van der Waals surface area contributed by atoms with Crippen LogP contribution in [0.25, 0.3) is 5.57 Å². The molecule has 3 N–H and O–H groups in total. The lowest BCUT2D eigenvalue weighted by Gasteiger charge is -2.40. The van der Waals surface area contributed by atoms with E-state index in [4.69, 9.17) is 4.65 Å². The molecule has 5 heteroatoms. The number of aliphatic hydroxyl groups excluding tert-OH is 1. The van der Waals surface area contributed by atoms with Gasteiger partial charge in [-0.1, -0.05) is 35.8 Å². The SMILES string of the molecule is CC(O)CCC(C)(O)C(C)(C)O[B]c1ccc(C2=CCNCC2)cc1. The van der Waals surface area contributed by atoms with Gasteiger partial charge >= 0.3 is 7.48 Å². The fourth-order valence-corrected chi connectivity index (χ4v) is 2.79. The van der Waals surface area contributed by atoms with Crippen LogP contribution in [0.1, 0.15) is 52.5 Å². The molecule has 2 rings (SSSR count). The number of aliphatic hydroxyl groups is 2. The summed E-state index contributed by atoms with van der Waals surface area (Å²) in [6.07, 6.45) is 3.88. The van der Waals surface area contributed by atoms with Gasteiger partial charge in [0.1, 0.15) is 0 Å². The second kappa shape index (κ2) is 8.50. The summed E-state index contributed by atoms with van der Waals surface area (Å²) in [7, 11) is 1.71. The van der Waals surface area contributed by atoms with E-state index < -0.39 is 17.3 Å². The van der Waals surface area contributed by atoms with Crippen LogP contribution in [-0.2, 0) is 4.65 Å². The molecule has 1 aromatic carbocycles. The van der Waals surface area contributed by atoms with E-state index in [-0.39, 0.29) is 0 Å². The van der Waals surface area contributed by atoms with Crippen LogP contribution >= 0.6 is 0 Å². The monoisotopic (exact) mass is 344 g/mol. The molecule has 1 aliphatic rings. The summed E-state index contributed by atoms with van der Waals surface area (Å²) in [6.45, 7) is 9.20. The molecular weight excluding hydrogens is 313 g/mol. The van der Waals surface area contributed by atoms with E-state index in [1.165, 1.54) is 11.1 Å². The van der Waals surface area contributed by atoms with E-state index in [1.54, 1.807) is 21.3 Å². The third-order valence-corrected chi connectivity index (χ3v) is 5.18. The van der Waals surface area contributed by atoms with Crippen LogP contribution in [0, 0.1) is 0 Å². The fraction of sp³-hybridized carbons (Fsp3) is 0.600. The Bertz CT molecular complexity index is 579. The largest absolute Gasteiger partial charge is 0.427 e. The van der Waals surface area contributed by atoms with Gasteiger partial charge in [0.25, 0.3) is 0 Å². The Labute approximate surface area is 152 Å². The molecule has 1 heterocycles. The maximum absolute atomic E-state index is 10.7. The van der Waals surface area contributed by atoms with Crippen molar-refractivity contribution >= 4 is 18.5 Å². The quantitative estimate of drug-likeness (QED) is 0.632. The van der Waals surface area contributed by atoms with E-state index in [0.29, 0.717) is 12.8 Å². The molecule has 0 saturated carbocycles. The molecule has 0 fully saturated rings. The Kier molecular flexibility index (Phi) is 6.86. The van der Waals surface area contributed by atoms with Gasteiger partial charge in [0.15, 0.2) is 0 Å². The smallest absolute Gasteiger partial charge is 0.330 e. The van der Waals surface area contributed by atoms with Gasteiger partial charge in [0.05, 0.1) is 17.3 Å². The first-order valence-electron chi connectivity index (χ1n) is 9.13. The minimum Gasteiger partial charge on any atom is -0.427 e. The highest BCUT2D eigenvalue weighted by atomic mass is 16.5. The molecule has 1 aromatic rings. The summed E-state index contributed by atoms with van der Waals surface area (Å²) in [5.41, 5.74) is 1.82. The van der Waals surface area contributed by atoms with E-state index in [2.05, 4.69) is 23.5 Å². The molecule has 0 spiro atoms. The van der Waals surface area contributed by atoms with Crippen molar-refractivity contribution in [3.05, 3.63) is 35.9 Å². The van der Waals surface area contributed by atoms with E-state index >= 15 is 0 Å². The number of benzene rings is 1. The van der Waals surface area contributed by atoms with Gasteiger partial charge in [-0.2, -0.15) is 0 Å². The molecule has 0 amide bonds. The van der Waals surface area contributed by atoms with Gasteiger partial charge in [0, 0.05) is 6.54 Å². The first kappa shape index (κ1) is 20.2. The van der Waals surface area contributed by atoms with Crippen molar-refractivity contribution in [1.82, 2.24) is 5.32 Å². The van der Waals surface area contributed by atoms with Crippen molar-refractivity contribution in [2.45, 2.75) is 64.3 Å². The number of hydrogen-bond donors (Lipinski definition) is 3. The van der Waals surface area contributed by atoms with Crippen molar-refractivity contribution < 1.29 is 14.9 Å². The van der Waals surface area contributed by atoms with E-state index in [0.717, 1.165) is 25.0 Å². The molecule has 25 heavy (non-hydrogen) atoms. The molecule has 2 atom stereocenters. The van der Waals surface area contributed by atoms with Gasteiger partial charge in [-0.25, -0.2) is 0 Å². The maximum Gasteiger partial charge on any atom is 0.330 e. The van der Waals surface area contributed by atoms with Crippen LogP contribution in [0.5, 0.6) is 0 Å². The number of rotatable bonds is 8. The van der Waals surface area contributed by atoms with Gasteiger partial charge in [-0.05, 0) is 64.6 Å². The number of nitrogens with one attached hydrogen (secondary N) is 1. The Balaban J connectivity index is 1.94. The van der Waals surface area contributed by atoms with E-state index in [1.807, 2.05) is 26.0 Å². The lowest BCUT2D eigenvalue weighted by atomic mass is 9.79. The molecule has 1 radical (unpaired) electrons. The molecule has 0 bridgehead atoms. The average Bonchev–Trinajstić information content (AvgIpc) is 2.59.